The molecule has 1 heterocycles. The molecule has 84 valence electrons. The molecule has 0 fully saturated rings. The number of amides is 1. The molecule has 1 aromatic rings. The predicted molar refractivity (Wildman–Crippen MR) is 64.4 cm³/mol. The zero-order valence-corrected chi connectivity index (χ0v) is 10.4. The van der Waals surface area contributed by atoms with Crippen molar-refractivity contribution in [1.29, 1.82) is 0 Å². The molecule has 2 N–H and O–H groups in total. The number of hydrogen-bond donors (Lipinski definition) is 2. The average molecular weight is 247 g/mol. The van der Waals surface area contributed by atoms with Crippen molar-refractivity contribution in [3.63, 3.8) is 0 Å². The van der Waals surface area contributed by atoms with Gasteiger partial charge in [0.05, 0.1) is 10.9 Å². The highest BCUT2D eigenvalue weighted by molar-refractivity contribution is 7.14. The second-order valence-corrected chi connectivity index (χ2v) is 4.78. The van der Waals surface area contributed by atoms with Crippen molar-refractivity contribution in [2.45, 2.75) is 19.9 Å². The fraction of sp³-hybridized carbons (Fsp3) is 0.500. The van der Waals surface area contributed by atoms with Crippen LogP contribution in [0.4, 0.5) is 0 Å². The molecule has 15 heavy (non-hydrogen) atoms. The van der Waals surface area contributed by atoms with Gasteiger partial charge in [-0.3, -0.25) is 4.79 Å². The molecule has 5 heteroatoms. The quantitative estimate of drug-likeness (QED) is 0.836. The number of thiophene rings is 1. The van der Waals surface area contributed by atoms with Crippen LogP contribution in [0.15, 0.2) is 11.4 Å². The summed E-state index contributed by atoms with van der Waals surface area (Å²) in [5, 5.41) is 7.86. The van der Waals surface area contributed by atoms with Crippen LogP contribution in [0.1, 0.15) is 25.5 Å². The van der Waals surface area contributed by atoms with E-state index >= 15 is 0 Å². The van der Waals surface area contributed by atoms with Crippen molar-refractivity contribution < 1.29 is 4.79 Å². The van der Waals surface area contributed by atoms with Gasteiger partial charge < -0.3 is 10.6 Å². The van der Waals surface area contributed by atoms with E-state index in [-0.39, 0.29) is 11.9 Å². The van der Waals surface area contributed by atoms with Crippen molar-refractivity contribution >= 4 is 28.8 Å². The van der Waals surface area contributed by atoms with Gasteiger partial charge in [-0.05, 0) is 30.9 Å². The summed E-state index contributed by atoms with van der Waals surface area (Å²) in [7, 11) is 0. The average Bonchev–Trinajstić information content (AvgIpc) is 2.62. The number of likely N-dealkylation sites (N-methyl/N-ethyl adjacent to an activating group) is 1. The Hall–Kier alpha value is -0.580. The van der Waals surface area contributed by atoms with E-state index in [9.17, 15) is 4.79 Å². The summed E-state index contributed by atoms with van der Waals surface area (Å²) in [5.74, 6) is 0.0191. The van der Waals surface area contributed by atoms with Crippen LogP contribution < -0.4 is 10.6 Å². The number of rotatable bonds is 5. The standard InChI is InChI=1S/C10H15ClN2OS/c1-3-12-10(14)5-13-7(2)8-4-9(11)15-6-8/h4,6-7,13H,3,5H2,1-2H3,(H,12,14). The van der Waals surface area contributed by atoms with Gasteiger partial charge in [0, 0.05) is 12.6 Å². The summed E-state index contributed by atoms with van der Waals surface area (Å²) < 4.78 is 0.775. The number of hydrogen-bond acceptors (Lipinski definition) is 3. The minimum absolute atomic E-state index is 0.0191. The number of nitrogens with one attached hydrogen (secondary N) is 2. The molecule has 0 radical (unpaired) electrons. The maximum absolute atomic E-state index is 11.2. The Labute approximate surface area is 98.8 Å². The fourth-order valence-corrected chi connectivity index (χ4v) is 2.16. The molecular formula is C10H15ClN2OS. The van der Waals surface area contributed by atoms with Crippen LogP contribution in [0, 0.1) is 0 Å². The lowest BCUT2D eigenvalue weighted by molar-refractivity contribution is -0.120. The minimum Gasteiger partial charge on any atom is -0.355 e. The van der Waals surface area contributed by atoms with E-state index in [1.54, 1.807) is 0 Å². The van der Waals surface area contributed by atoms with Gasteiger partial charge in [-0.25, -0.2) is 0 Å². The zero-order chi connectivity index (χ0) is 11.3. The summed E-state index contributed by atoms with van der Waals surface area (Å²) >= 11 is 7.33. The molecule has 1 unspecified atom stereocenters. The lowest BCUT2D eigenvalue weighted by Gasteiger charge is -2.11. The van der Waals surface area contributed by atoms with E-state index in [1.807, 2.05) is 25.3 Å². The second kappa shape index (κ2) is 6.10. The molecule has 0 spiro atoms. The van der Waals surface area contributed by atoms with E-state index in [1.165, 1.54) is 11.3 Å². The third kappa shape index (κ3) is 4.20. The Morgan fingerprint density at radius 2 is 2.40 bits per heavy atom. The molecule has 0 saturated carbocycles. The second-order valence-electron chi connectivity index (χ2n) is 3.24. The first-order valence-corrected chi connectivity index (χ1v) is 6.13. The molecular weight excluding hydrogens is 232 g/mol. The van der Waals surface area contributed by atoms with Gasteiger partial charge in [0.15, 0.2) is 0 Å². The van der Waals surface area contributed by atoms with Crippen LogP contribution in [0.25, 0.3) is 0 Å². The van der Waals surface area contributed by atoms with Crippen LogP contribution in [0.2, 0.25) is 4.34 Å². The highest BCUT2D eigenvalue weighted by Crippen LogP contribution is 2.24. The van der Waals surface area contributed by atoms with E-state index in [4.69, 9.17) is 11.6 Å². The van der Waals surface area contributed by atoms with Crippen molar-refractivity contribution in [3.05, 3.63) is 21.3 Å². The van der Waals surface area contributed by atoms with E-state index in [0.29, 0.717) is 13.1 Å². The maximum atomic E-state index is 11.2. The van der Waals surface area contributed by atoms with Crippen LogP contribution in [0.5, 0.6) is 0 Å². The predicted octanol–water partition coefficient (Wildman–Crippen LogP) is 2.19. The van der Waals surface area contributed by atoms with Gasteiger partial charge in [-0.2, -0.15) is 0 Å². The van der Waals surface area contributed by atoms with Crippen LogP contribution in [-0.2, 0) is 4.79 Å². The lowest BCUT2D eigenvalue weighted by Crippen LogP contribution is -2.34. The Morgan fingerprint density at radius 3 is 2.93 bits per heavy atom. The van der Waals surface area contributed by atoms with Gasteiger partial charge in [-0.15, -0.1) is 11.3 Å². The first-order chi connectivity index (χ1) is 7.13. The van der Waals surface area contributed by atoms with Crippen molar-refractivity contribution in [2.24, 2.45) is 0 Å². The molecule has 3 nitrogen and oxygen atoms in total. The summed E-state index contributed by atoms with van der Waals surface area (Å²) in [6.45, 7) is 4.92. The largest absolute Gasteiger partial charge is 0.355 e. The molecule has 0 aliphatic carbocycles. The van der Waals surface area contributed by atoms with E-state index < -0.39 is 0 Å². The van der Waals surface area contributed by atoms with Gasteiger partial charge in [0.25, 0.3) is 0 Å². The normalized spacial score (nSPS) is 12.5. The van der Waals surface area contributed by atoms with Gasteiger partial charge in [-0.1, -0.05) is 11.6 Å². The molecule has 0 aromatic carbocycles. The van der Waals surface area contributed by atoms with Gasteiger partial charge in [0.2, 0.25) is 5.91 Å². The monoisotopic (exact) mass is 246 g/mol. The summed E-state index contributed by atoms with van der Waals surface area (Å²) in [4.78, 5) is 11.2. The molecule has 0 bridgehead atoms. The third-order valence-corrected chi connectivity index (χ3v) is 3.14. The van der Waals surface area contributed by atoms with Gasteiger partial charge in [0.1, 0.15) is 0 Å². The summed E-state index contributed by atoms with van der Waals surface area (Å²) in [6, 6.07) is 2.07. The zero-order valence-electron chi connectivity index (χ0n) is 8.84. The molecule has 1 atom stereocenters. The number of carbonyl (C=O) groups excluding carboxylic acids is 1. The molecule has 0 aliphatic rings. The van der Waals surface area contributed by atoms with Crippen LogP contribution >= 0.6 is 22.9 Å². The smallest absolute Gasteiger partial charge is 0.233 e. The summed E-state index contributed by atoms with van der Waals surface area (Å²) in [5.41, 5.74) is 1.12. The fourth-order valence-electron chi connectivity index (χ4n) is 1.17. The molecule has 0 saturated heterocycles. The first kappa shape index (κ1) is 12.5. The van der Waals surface area contributed by atoms with E-state index in [0.717, 1.165) is 9.90 Å². The Kier molecular flexibility index (Phi) is 5.08. The Morgan fingerprint density at radius 1 is 1.67 bits per heavy atom. The Balaban J connectivity index is 2.36. The van der Waals surface area contributed by atoms with Crippen molar-refractivity contribution in [1.82, 2.24) is 10.6 Å². The van der Waals surface area contributed by atoms with Crippen molar-refractivity contribution in [2.75, 3.05) is 13.1 Å². The van der Waals surface area contributed by atoms with Crippen molar-refractivity contribution in [3.8, 4) is 0 Å². The van der Waals surface area contributed by atoms with E-state index in [2.05, 4.69) is 10.6 Å². The van der Waals surface area contributed by atoms with Crippen LogP contribution in [-0.4, -0.2) is 19.0 Å². The Bertz CT molecular complexity index is 327. The molecule has 1 rings (SSSR count). The molecule has 1 aromatic heterocycles. The third-order valence-electron chi connectivity index (χ3n) is 2.03. The number of halogens is 1. The highest BCUT2D eigenvalue weighted by atomic mass is 35.5. The molecule has 1 amide bonds. The highest BCUT2D eigenvalue weighted by Gasteiger charge is 2.08. The topological polar surface area (TPSA) is 41.1 Å². The minimum atomic E-state index is 0.0191. The van der Waals surface area contributed by atoms with Gasteiger partial charge >= 0.3 is 0 Å². The SMILES string of the molecule is CCNC(=O)CNC(C)c1csc(Cl)c1. The van der Waals surface area contributed by atoms with Crippen LogP contribution in [0.3, 0.4) is 0 Å². The summed E-state index contributed by atoms with van der Waals surface area (Å²) in [6.07, 6.45) is 0. The first-order valence-electron chi connectivity index (χ1n) is 4.87. The lowest BCUT2D eigenvalue weighted by atomic mass is 10.2. The number of carbonyl (C=O) groups is 1. The maximum Gasteiger partial charge on any atom is 0.233 e. The molecule has 0 aliphatic heterocycles.